The summed E-state index contributed by atoms with van der Waals surface area (Å²) in [6, 6.07) is 6.62. The molecule has 0 radical (unpaired) electrons. The molecule has 0 aliphatic carbocycles. The van der Waals surface area contributed by atoms with Gasteiger partial charge in [-0.2, -0.15) is 0 Å². The largest absolute Gasteiger partial charge is 0.293 e. The average Bonchev–Trinajstić information content (AvgIpc) is 2.83. The van der Waals surface area contributed by atoms with Crippen LogP contribution in [0.2, 0.25) is 10.0 Å². The van der Waals surface area contributed by atoms with Gasteiger partial charge < -0.3 is 0 Å². The van der Waals surface area contributed by atoms with Crippen molar-refractivity contribution in [1.29, 1.82) is 0 Å². The molecule has 0 N–H and O–H groups in total. The van der Waals surface area contributed by atoms with Gasteiger partial charge in [0.15, 0.2) is 11.6 Å². The van der Waals surface area contributed by atoms with Crippen LogP contribution in [0.25, 0.3) is 10.4 Å². The Kier molecular flexibility index (Phi) is 4.29. The molecule has 100 valence electrons. The summed E-state index contributed by atoms with van der Waals surface area (Å²) in [7, 11) is 0. The Balaban J connectivity index is 2.41. The summed E-state index contributed by atoms with van der Waals surface area (Å²) >= 11 is 12.9. The van der Waals surface area contributed by atoms with Crippen molar-refractivity contribution < 1.29 is 9.18 Å². The Morgan fingerprint density at radius 1 is 1.21 bits per heavy atom. The summed E-state index contributed by atoms with van der Waals surface area (Å²) in [5.41, 5.74) is 0.712. The number of rotatable bonds is 3. The lowest BCUT2D eigenvalue weighted by Gasteiger charge is -2.02. The first-order chi connectivity index (χ1) is 8.90. The fourth-order valence-electron chi connectivity index (χ4n) is 1.61. The highest BCUT2D eigenvalue weighted by molar-refractivity contribution is 7.17. The van der Waals surface area contributed by atoms with Gasteiger partial charge in [0.05, 0.1) is 14.9 Å². The zero-order valence-electron chi connectivity index (χ0n) is 10.3. The smallest absolute Gasteiger partial charge is 0.175 e. The van der Waals surface area contributed by atoms with Gasteiger partial charge in [0.1, 0.15) is 0 Å². The summed E-state index contributed by atoms with van der Waals surface area (Å²) in [6.07, 6.45) is 0. The van der Waals surface area contributed by atoms with Gasteiger partial charge in [-0.3, -0.25) is 4.79 Å². The molecule has 0 fully saturated rings. The third-order valence-corrected chi connectivity index (χ3v) is 4.34. The quantitative estimate of drug-likeness (QED) is 0.524. The standard InChI is InChI=1S/C14H11Cl2FOS/c1-7(2)14(18)12-4-3-11(19-12)8-5-9(15)13(17)10(16)6-8/h3-7H,1-2H3. The van der Waals surface area contributed by atoms with E-state index < -0.39 is 5.82 Å². The Labute approximate surface area is 125 Å². The van der Waals surface area contributed by atoms with Crippen molar-refractivity contribution in [3.8, 4) is 10.4 Å². The lowest BCUT2D eigenvalue weighted by atomic mass is 10.1. The first-order valence-electron chi connectivity index (χ1n) is 5.69. The van der Waals surface area contributed by atoms with Crippen LogP contribution < -0.4 is 0 Å². The monoisotopic (exact) mass is 316 g/mol. The number of carbonyl (C=O) groups excluding carboxylic acids is 1. The Morgan fingerprint density at radius 2 is 1.79 bits per heavy atom. The van der Waals surface area contributed by atoms with Gasteiger partial charge in [0, 0.05) is 10.8 Å². The second-order valence-electron chi connectivity index (χ2n) is 4.44. The van der Waals surface area contributed by atoms with Gasteiger partial charge in [-0.1, -0.05) is 37.0 Å². The summed E-state index contributed by atoms with van der Waals surface area (Å²) in [5.74, 6) is -0.579. The van der Waals surface area contributed by atoms with E-state index in [1.807, 2.05) is 19.9 Å². The predicted molar refractivity (Wildman–Crippen MR) is 78.9 cm³/mol. The van der Waals surface area contributed by atoms with Crippen molar-refractivity contribution >= 4 is 40.3 Å². The van der Waals surface area contributed by atoms with Crippen LogP contribution in [0.15, 0.2) is 24.3 Å². The van der Waals surface area contributed by atoms with Gasteiger partial charge in [-0.05, 0) is 29.8 Å². The summed E-state index contributed by atoms with van der Waals surface area (Å²) in [6.45, 7) is 3.71. The van der Waals surface area contributed by atoms with E-state index in [0.717, 1.165) is 4.88 Å². The molecule has 19 heavy (non-hydrogen) atoms. The number of thiophene rings is 1. The van der Waals surface area contributed by atoms with Crippen molar-refractivity contribution in [1.82, 2.24) is 0 Å². The number of ketones is 1. The molecule has 0 saturated carbocycles. The van der Waals surface area contributed by atoms with Gasteiger partial charge in [-0.25, -0.2) is 4.39 Å². The fraction of sp³-hybridized carbons (Fsp3) is 0.214. The highest BCUT2D eigenvalue weighted by Crippen LogP contribution is 2.34. The molecule has 1 aromatic carbocycles. The van der Waals surface area contributed by atoms with Crippen LogP contribution in [0.3, 0.4) is 0 Å². The topological polar surface area (TPSA) is 17.1 Å². The molecular weight excluding hydrogens is 306 g/mol. The van der Waals surface area contributed by atoms with Crippen molar-refractivity contribution in [2.24, 2.45) is 5.92 Å². The van der Waals surface area contributed by atoms with Crippen LogP contribution in [-0.2, 0) is 0 Å². The van der Waals surface area contributed by atoms with E-state index in [2.05, 4.69) is 0 Å². The van der Waals surface area contributed by atoms with E-state index in [9.17, 15) is 9.18 Å². The first kappa shape index (κ1) is 14.5. The Hall–Kier alpha value is -0.900. The molecule has 2 aromatic rings. The molecule has 0 unspecified atom stereocenters. The zero-order chi connectivity index (χ0) is 14.2. The fourth-order valence-corrected chi connectivity index (χ4v) is 3.18. The molecule has 1 heterocycles. The van der Waals surface area contributed by atoms with Crippen molar-refractivity contribution in [2.45, 2.75) is 13.8 Å². The van der Waals surface area contributed by atoms with Crippen LogP contribution in [0, 0.1) is 11.7 Å². The van der Waals surface area contributed by atoms with Crippen LogP contribution in [0.1, 0.15) is 23.5 Å². The molecule has 0 spiro atoms. The average molecular weight is 317 g/mol. The maximum Gasteiger partial charge on any atom is 0.175 e. The second-order valence-corrected chi connectivity index (χ2v) is 6.33. The summed E-state index contributed by atoms with van der Waals surface area (Å²) in [5, 5.41) is -0.0414. The second kappa shape index (κ2) is 5.61. The Morgan fingerprint density at radius 3 is 2.32 bits per heavy atom. The van der Waals surface area contributed by atoms with Crippen molar-refractivity contribution in [2.75, 3.05) is 0 Å². The van der Waals surface area contributed by atoms with Gasteiger partial charge in [0.2, 0.25) is 0 Å². The lowest BCUT2D eigenvalue weighted by Crippen LogP contribution is -2.04. The molecule has 0 amide bonds. The van der Waals surface area contributed by atoms with Crippen molar-refractivity contribution in [3.63, 3.8) is 0 Å². The van der Waals surface area contributed by atoms with Gasteiger partial charge >= 0.3 is 0 Å². The number of Topliss-reactive ketones (excluding diaryl/α,β-unsaturated/α-hetero) is 1. The lowest BCUT2D eigenvalue weighted by molar-refractivity contribution is 0.0943. The molecule has 2 rings (SSSR count). The predicted octanol–water partition coefficient (Wildman–Crippen LogP) is 5.70. The highest BCUT2D eigenvalue weighted by atomic mass is 35.5. The first-order valence-corrected chi connectivity index (χ1v) is 7.26. The normalized spacial score (nSPS) is 11.1. The maximum atomic E-state index is 13.4. The molecule has 0 aliphatic rings. The molecule has 5 heteroatoms. The zero-order valence-corrected chi connectivity index (χ0v) is 12.7. The van der Waals surface area contributed by atoms with E-state index >= 15 is 0 Å². The van der Waals surface area contributed by atoms with Crippen molar-refractivity contribution in [3.05, 3.63) is 45.0 Å². The maximum absolute atomic E-state index is 13.4. The third kappa shape index (κ3) is 2.99. The number of hydrogen-bond donors (Lipinski definition) is 0. The molecule has 1 aromatic heterocycles. The van der Waals surface area contributed by atoms with E-state index in [1.165, 1.54) is 23.5 Å². The highest BCUT2D eigenvalue weighted by Gasteiger charge is 2.15. The van der Waals surface area contributed by atoms with E-state index in [-0.39, 0.29) is 21.7 Å². The minimum Gasteiger partial charge on any atom is -0.293 e. The van der Waals surface area contributed by atoms with Crippen LogP contribution >= 0.6 is 34.5 Å². The number of carbonyl (C=O) groups is 1. The van der Waals surface area contributed by atoms with Gasteiger partial charge in [-0.15, -0.1) is 11.3 Å². The third-order valence-electron chi connectivity index (χ3n) is 2.64. The molecule has 0 atom stereocenters. The molecule has 1 nitrogen and oxygen atoms in total. The van der Waals surface area contributed by atoms with Gasteiger partial charge in [0.25, 0.3) is 0 Å². The minimum atomic E-state index is -0.623. The van der Waals surface area contributed by atoms with Crippen LogP contribution in [-0.4, -0.2) is 5.78 Å². The number of halogens is 3. The Bertz CT molecular complexity index is 611. The minimum absolute atomic E-state index is 0.0207. The van der Waals surface area contributed by atoms with E-state index in [1.54, 1.807) is 6.07 Å². The molecule has 0 bridgehead atoms. The van der Waals surface area contributed by atoms with E-state index in [0.29, 0.717) is 10.4 Å². The summed E-state index contributed by atoms with van der Waals surface area (Å²) in [4.78, 5) is 13.4. The molecule has 0 saturated heterocycles. The number of benzene rings is 1. The SMILES string of the molecule is CC(C)C(=O)c1ccc(-c2cc(Cl)c(F)c(Cl)c2)s1. The number of hydrogen-bond acceptors (Lipinski definition) is 2. The molecular formula is C14H11Cl2FOS. The van der Waals surface area contributed by atoms with Crippen LogP contribution in [0.4, 0.5) is 4.39 Å². The summed E-state index contributed by atoms with van der Waals surface area (Å²) < 4.78 is 13.4. The van der Waals surface area contributed by atoms with Crippen LogP contribution in [0.5, 0.6) is 0 Å². The van der Waals surface area contributed by atoms with E-state index in [4.69, 9.17) is 23.2 Å². The molecule has 0 aliphatic heterocycles.